The molecule has 27 heavy (non-hydrogen) atoms. The monoisotopic (exact) mass is 368 g/mol. The predicted octanol–water partition coefficient (Wildman–Crippen LogP) is 1.91. The van der Waals surface area contributed by atoms with Crippen LogP contribution in [0.2, 0.25) is 0 Å². The zero-order chi connectivity index (χ0) is 19.2. The van der Waals surface area contributed by atoms with E-state index in [0.29, 0.717) is 19.5 Å². The van der Waals surface area contributed by atoms with Gasteiger partial charge in [-0.05, 0) is 31.0 Å². The summed E-state index contributed by atoms with van der Waals surface area (Å²) in [5.41, 5.74) is 1.82. The van der Waals surface area contributed by atoms with Crippen molar-refractivity contribution < 1.29 is 14.7 Å². The third-order valence-electron chi connectivity index (χ3n) is 5.13. The zero-order valence-corrected chi connectivity index (χ0v) is 15.1. The second-order valence-corrected chi connectivity index (χ2v) is 7.01. The quantitative estimate of drug-likeness (QED) is 0.692. The Labute approximate surface area is 158 Å². The summed E-state index contributed by atoms with van der Waals surface area (Å²) in [4.78, 5) is 29.6. The second kappa shape index (κ2) is 8.69. The molecular weight excluding hydrogens is 344 g/mol. The average molecular weight is 368 g/mol. The minimum Gasteiger partial charge on any atom is -0.480 e. The SMILES string of the molecule is N#CCCN1CCCC(C(=O)NC(Cc2c[nH]c3ccccc23)C(=O)O)C1. The average Bonchev–Trinajstić information content (AvgIpc) is 3.09. The van der Waals surface area contributed by atoms with E-state index in [0.717, 1.165) is 35.9 Å². The molecular formula is C20H24N4O3. The highest BCUT2D eigenvalue weighted by atomic mass is 16.4. The topological polar surface area (TPSA) is 109 Å². The standard InChI is InChI=1S/C20H24N4O3/c21-8-4-10-24-9-3-5-14(13-24)19(25)23-18(20(26)27)11-15-12-22-17-7-2-1-6-16(15)17/h1-2,6-7,12,14,18,22H,3-5,9-11,13H2,(H,23,25)(H,26,27). The molecule has 3 rings (SSSR count). The summed E-state index contributed by atoms with van der Waals surface area (Å²) >= 11 is 0. The van der Waals surface area contributed by atoms with E-state index in [-0.39, 0.29) is 18.2 Å². The lowest BCUT2D eigenvalue weighted by Gasteiger charge is -2.32. The summed E-state index contributed by atoms with van der Waals surface area (Å²) in [6.45, 7) is 2.11. The summed E-state index contributed by atoms with van der Waals surface area (Å²) in [7, 11) is 0. The van der Waals surface area contributed by atoms with Crippen LogP contribution in [0.25, 0.3) is 10.9 Å². The van der Waals surface area contributed by atoms with Gasteiger partial charge in [-0.3, -0.25) is 4.79 Å². The first kappa shape index (κ1) is 18.9. The van der Waals surface area contributed by atoms with Crippen molar-refractivity contribution in [3.8, 4) is 6.07 Å². The number of likely N-dealkylation sites (tertiary alicyclic amines) is 1. The first-order valence-corrected chi connectivity index (χ1v) is 9.26. The number of aromatic amines is 1. The van der Waals surface area contributed by atoms with Gasteiger partial charge >= 0.3 is 5.97 Å². The molecule has 1 amide bonds. The number of nitriles is 1. The number of aromatic nitrogens is 1. The van der Waals surface area contributed by atoms with E-state index in [2.05, 4.69) is 21.3 Å². The molecule has 0 saturated carbocycles. The maximum absolute atomic E-state index is 12.7. The van der Waals surface area contributed by atoms with Gasteiger partial charge in [0.25, 0.3) is 0 Å². The highest BCUT2D eigenvalue weighted by Gasteiger charge is 2.29. The van der Waals surface area contributed by atoms with Crippen LogP contribution in [0.5, 0.6) is 0 Å². The number of aliphatic carboxylic acids is 1. The van der Waals surface area contributed by atoms with Gasteiger partial charge in [-0.15, -0.1) is 0 Å². The Morgan fingerprint density at radius 3 is 3.00 bits per heavy atom. The van der Waals surface area contributed by atoms with Gasteiger partial charge in [-0.25, -0.2) is 4.79 Å². The first-order valence-electron chi connectivity index (χ1n) is 9.26. The lowest BCUT2D eigenvalue weighted by atomic mass is 9.96. The number of fused-ring (bicyclic) bond motifs is 1. The van der Waals surface area contributed by atoms with Crippen LogP contribution < -0.4 is 5.32 Å². The molecule has 1 fully saturated rings. The van der Waals surface area contributed by atoms with Crippen molar-refractivity contribution in [3.63, 3.8) is 0 Å². The number of carbonyl (C=O) groups is 2. The second-order valence-electron chi connectivity index (χ2n) is 7.01. The molecule has 2 aromatic rings. The Bertz CT molecular complexity index is 854. The third-order valence-corrected chi connectivity index (χ3v) is 5.13. The highest BCUT2D eigenvalue weighted by molar-refractivity contribution is 5.87. The van der Waals surface area contributed by atoms with Crippen molar-refractivity contribution in [3.05, 3.63) is 36.0 Å². The number of carbonyl (C=O) groups excluding carboxylic acids is 1. The molecule has 1 aliphatic rings. The third kappa shape index (κ3) is 4.66. The number of hydrogen-bond acceptors (Lipinski definition) is 4. The Morgan fingerprint density at radius 2 is 2.22 bits per heavy atom. The molecule has 0 spiro atoms. The molecule has 7 heteroatoms. The van der Waals surface area contributed by atoms with Gasteiger partial charge in [0.05, 0.1) is 12.0 Å². The molecule has 0 bridgehead atoms. The van der Waals surface area contributed by atoms with Gasteiger partial charge in [0.2, 0.25) is 5.91 Å². The number of benzene rings is 1. The largest absolute Gasteiger partial charge is 0.480 e. The first-order chi connectivity index (χ1) is 13.1. The van der Waals surface area contributed by atoms with E-state index in [9.17, 15) is 14.7 Å². The number of hydrogen-bond donors (Lipinski definition) is 3. The molecule has 1 saturated heterocycles. The number of rotatable bonds is 7. The van der Waals surface area contributed by atoms with Crippen LogP contribution in [0.15, 0.2) is 30.5 Å². The van der Waals surface area contributed by atoms with Crippen molar-refractivity contribution in [2.45, 2.75) is 31.7 Å². The fraction of sp³-hybridized carbons (Fsp3) is 0.450. The van der Waals surface area contributed by atoms with Crippen LogP contribution in [0.1, 0.15) is 24.8 Å². The molecule has 2 heterocycles. The van der Waals surface area contributed by atoms with Gasteiger partial charge in [0.15, 0.2) is 0 Å². The number of nitrogens with one attached hydrogen (secondary N) is 2. The summed E-state index contributed by atoms with van der Waals surface area (Å²) < 4.78 is 0. The van der Waals surface area contributed by atoms with E-state index in [1.807, 2.05) is 24.3 Å². The van der Waals surface area contributed by atoms with Gasteiger partial charge in [-0.2, -0.15) is 5.26 Å². The summed E-state index contributed by atoms with van der Waals surface area (Å²) in [6.07, 6.45) is 4.09. The minimum atomic E-state index is -1.04. The van der Waals surface area contributed by atoms with E-state index in [4.69, 9.17) is 5.26 Å². The lowest BCUT2D eigenvalue weighted by molar-refractivity contribution is -0.142. The number of H-pyrrole nitrogens is 1. The van der Waals surface area contributed by atoms with Gasteiger partial charge in [-0.1, -0.05) is 18.2 Å². The van der Waals surface area contributed by atoms with E-state index in [1.54, 1.807) is 6.20 Å². The van der Waals surface area contributed by atoms with E-state index in [1.165, 1.54) is 0 Å². The maximum atomic E-state index is 12.7. The molecule has 7 nitrogen and oxygen atoms in total. The Balaban J connectivity index is 1.64. The number of carboxylic acid groups (broad SMARTS) is 1. The van der Waals surface area contributed by atoms with Gasteiger partial charge in [0, 0.05) is 43.0 Å². The predicted molar refractivity (Wildman–Crippen MR) is 101 cm³/mol. The van der Waals surface area contributed by atoms with Crippen LogP contribution >= 0.6 is 0 Å². The smallest absolute Gasteiger partial charge is 0.326 e. The molecule has 3 N–H and O–H groups in total. The molecule has 0 aliphatic carbocycles. The Morgan fingerprint density at radius 1 is 1.41 bits per heavy atom. The van der Waals surface area contributed by atoms with Gasteiger partial charge in [0.1, 0.15) is 6.04 Å². The number of amides is 1. The lowest BCUT2D eigenvalue weighted by Crippen LogP contribution is -2.49. The molecule has 1 aromatic heterocycles. The fourth-order valence-electron chi connectivity index (χ4n) is 3.69. The minimum absolute atomic E-state index is 0.219. The molecule has 1 aromatic carbocycles. The zero-order valence-electron chi connectivity index (χ0n) is 15.1. The highest BCUT2D eigenvalue weighted by Crippen LogP contribution is 2.20. The van der Waals surface area contributed by atoms with Crippen LogP contribution in [0.3, 0.4) is 0 Å². The normalized spacial score (nSPS) is 18.7. The number of para-hydroxylation sites is 1. The Kier molecular flexibility index (Phi) is 6.09. The summed E-state index contributed by atoms with van der Waals surface area (Å²) in [5, 5.41) is 22.0. The molecule has 0 radical (unpaired) electrons. The number of nitrogens with zero attached hydrogens (tertiary/aromatic N) is 2. The van der Waals surface area contributed by atoms with E-state index < -0.39 is 12.0 Å². The van der Waals surface area contributed by atoms with Gasteiger partial charge < -0.3 is 20.3 Å². The fourth-order valence-corrected chi connectivity index (χ4v) is 3.69. The maximum Gasteiger partial charge on any atom is 0.326 e. The Hall–Kier alpha value is -2.85. The summed E-state index contributed by atoms with van der Waals surface area (Å²) in [5.74, 6) is -1.49. The molecule has 1 aliphatic heterocycles. The van der Waals surface area contributed by atoms with E-state index >= 15 is 0 Å². The number of piperidine rings is 1. The van der Waals surface area contributed by atoms with Crippen LogP contribution in [0, 0.1) is 17.2 Å². The van der Waals surface area contributed by atoms with Crippen LogP contribution in [0.4, 0.5) is 0 Å². The van der Waals surface area contributed by atoms with Crippen LogP contribution in [-0.4, -0.2) is 52.5 Å². The van der Waals surface area contributed by atoms with Crippen molar-refractivity contribution in [1.82, 2.24) is 15.2 Å². The summed E-state index contributed by atoms with van der Waals surface area (Å²) in [6, 6.07) is 8.86. The van der Waals surface area contributed by atoms with Crippen LogP contribution in [-0.2, 0) is 16.0 Å². The molecule has 2 unspecified atom stereocenters. The van der Waals surface area contributed by atoms with Crippen molar-refractivity contribution in [1.29, 1.82) is 5.26 Å². The number of carboxylic acids is 1. The van der Waals surface area contributed by atoms with Crippen molar-refractivity contribution in [2.75, 3.05) is 19.6 Å². The molecule has 142 valence electrons. The van der Waals surface area contributed by atoms with Crippen molar-refractivity contribution in [2.24, 2.45) is 5.92 Å². The van der Waals surface area contributed by atoms with Crippen molar-refractivity contribution >= 4 is 22.8 Å². The molecule has 2 atom stereocenters.